The van der Waals surface area contributed by atoms with E-state index in [2.05, 4.69) is 32.7 Å². The zero-order valence-electron chi connectivity index (χ0n) is 21.3. The molecule has 0 aliphatic carbocycles. The number of rotatable bonds is 8. The monoisotopic (exact) mass is 503 g/mol. The van der Waals surface area contributed by atoms with Gasteiger partial charge in [0.1, 0.15) is 6.29 Å². The van der Waals surface area contributed by atoms with Crippen molar-refractivity contribution in [3.63, 3.8) is 0 Å². The molecule has 3 amide bonds. The second kappa shape index (κ2) is 13.0. The fourth-order valence-corrected chi connectivity index (χ4v) is 3.88. The highest BCUT2D eigenvalue weighted by Crippen LogP contribution is 2.28. The van der Waals surface area contributed by atoms with Gasteiger partial charge in [-0.25, -0.2) is 4.79 Å². The molecule has 1 aliphatic heterocycles. The third-order valence-electron chi connectivity index (χ3n) is 5.75. The Morgan fingerprint density at radius 3 is 2.41 bits per heavy atom. The Morgan fingerprint density at radius 1 is 1.14 bits per heavy atom. The number of fused-ring (bicyclic) bond motifs is 1. The van der Waals surface area contributed by atoms with E-state index in [1.165, 1.54) is 6.08 Å². The maximum Gasteiger partial charge on any atom is 0.318 e. The van der Waals surface area contributed by atoms with E-state index in [1.807, 2.05) is 68.5 Å². The van der Waals surface area contributed by atoms with Gasteiger partial charge < -0.3 is 25.8 Å². The van der Waals surface area contributed by atoms with Crippen LogP contribution in [0.5, 0.6) is 0 Å². The second-order valence-corrected chi connectivity index (χ2v) is 8.71. The molecule has 1 atom stereocenters. The summed E-state index contributed by atoms with van der Waals surface area (Å²) in [5.74, 6) is 0.209. The summed E-state index contributed by atoms with van der Waals surface area (Å²) < 4.78 is 0. The molecule has 3 aromatic rings. The van der Waals surface area contributed by atoms with E-state index in [0.717, 1.165) is 22.5 Å². The van der Waals surface area contributed by atoms with E-state index < -0.39 is 0 Å². The number of nitrogens with one attached hydrogen (secondary N) is 4. The van der Waals surface area contributed by atoms with Crippen molar-refractivity contribution in [3.05, 3.63) is 89.6 Å². The molecule has 0 saturated carbocycles. The molecule has 1 aliphatic rings. The van der Waals surface area contributed by atoms with E-state index in [4.69, 9.17) is 4.79 Å². The Morgan fingerprint density at radius 2 is 1.81 bits per heavy atom. The van der Waals surface area contributed by atoms with Gasteiger partial charge >= 0.3 is 6.03 Å². The predicted octanol–water partition coefficient (Wildman–Crippen LogP) is 3.40. The smallest absolute Gasteiger partial charge is 0.318 e. The van der Waals surface area contributed by atoms with E-state index in [0.29, 0.717) is 37.3 Å². The van der Waals surface area contributed by atoms with Crippen LogP contribution in [0.1, 0.15) is 33.2 Å². The van der Waals surface area contributed by atoms with Gasteiger partial charge in [-0.1, -0.05) is 36.9 Å². The van der Waals surface area contributed by atoms with Gasteiger partial charge in [0.25, 0.3) is 5.91 Å². The van der Waals surface area contributed by atoms with Crippen molar-refractivity contribution in [2.24, 2.45) is 0 Å². The molecule has 4 rings (SSSR count). The molecule has 0 radical (unpaired) electrons. The lowest BCUT2D eigenvalue weighted by Crippen LogP contribution is -2.42. The minimum absolute atomic E-state index is 0.134. The van der Waals surface area contributed by atoms with Crippen molar-refractivity contribution in [2.45, 2.75) is 19.1 Å². The predicted molar refractivity (Wildman–Crippen MR) is 144 cm³/mol. The third-order valence-corrected chi connectivity index (χ3v) is 5.75. The van der Waals surface area contributed by atoms with Gasteiger partial charge in [-0.2, -0.15) is 5.10 Å². The molecule has 0 saturated heterocycles. The first-order chi connectivity index (χ1) is 17.9. The molecule has 0 fully saturated rings. The summed E-state index contributed by atoms with van der Waals surface area (Å²) in [5.41, 5.74) is 4.17. The number of hydrogen-bond donors (Lipinski definition) is 4. The number of aromatic amines is 1. The van der Waals surface area contributed by atoms with E-state index in [9.17, 15) is 9.59 Å². The van der Waals surface area contributed by atoms with E-state index in [-0.39, 0.29) is 18.0 Å². The molecule has 1 unspecified atom stereocenters. The standard InChI is InChI=1S/C24H29N7O2.C3H4O/c1-25-18-11-9-17(10-12-18)23(32)27-22-19-13-31(15-21(19)28-29-22)24(33)26-20(14-30(2)3)16-7-5-4-6-8-16;1-2-3-4/h4-12,20,25H,13-15H2,1-3H3,(H,26,33)(H2,27,28,29,32);2-3H,1H2. The maximum absolute atomic E-state index is 13.1. The molecule has 2 heterocycles. The largest absolute Gasteiger partial charge is 0.388 e. The lowest BCUT2D eigenvalue weighted by Gasteiger charge is -2.26. The summed E-state index contributed by atoms with van der Waals surface area (Å²) in [6, 6.07) is 16.8. The van der Waals surface area contributed by atoms with Crippen molar-refractivity contribution in [2.75, 3.05) is 38.3 Å². The minimum Gasteiger partial charge on any atom is -0.388 e. The highest BCUT2D eigenvalue weighted by Gasteiger charge is 2.30. The molecular weight excluding hydrogens is 470 g/mol. The average molecular weight is 504 g/mol. The van der Waals surface area contributed by atoms with Crippen molar-refractivity contribution < 1.29 is 14.4 Å². The van der Waals surface area contributed by atoms with Gasteiger partial charge in [0, 0.05) is 30.4 Å². The summed E-state index contributed by atoms with van der Waals surface area (Å²) in [6.45, 7) is 4.57. The van der Waals surface area contributed by atoms with Gasteiger partial charge in [0.2, 0.25) is 0 Å². The van der Waals surface area contributed by atoms with Crippen LogP contribution >= 0.6 is 0 Å². The summed E-state index contributed by atoms with van der Waals surface area (Å²) in [5, 5.41) is 16.2. The van der Waals surface area contributed by atoms with Crippen LogP contribution < -0.4 is 16.0 Å². The highest BCUT2D eigenvalue weighted by molar-refractivity contribution is 6.04. The van der Waals surface area contributed by atoms with Crippen LogP contribution in [0.3, 0.4) is 0 Å². The lowest BCUT2D eigenvalue weighted by atomic mass is 10.1. The van der Waals surface area contributed by atoms with Crippen LogP contribution in [0.25, 0.3) is 0 Å². The number of carbonyl (C=O) groups is 3. The summed E-state index contributed by atoms with van der Waals surface area (Å²) >= 11 is 0. The Bertz CT molecular complexity index is 1200. The molecular formula is C27H33N7O3. The number of nitrogens with zero attached hydrogens (tertiary/aromatic N) is 3. The van der Waals surface area contributed by atoms with Crippen LogP contribution in [-0.2, 0) is 17.9 Å². The molecule has 4 N–H and O–H groups in total. The number of allylic oxidation sites excluding steroid dienone is 1. The van der Waals surface area contributed by atoms with Crippen LogP contribution in [0.4, 0.5) is 16.3 Å². The molecule has 194 valence electrons. The highest BCUT2D eigenvalue weighted by atomic mass is 16.2. The number of H-pyrrole nitrogens is 1. The number of urea groups is 1. The first kappa shape index (κ1) is 27.2. The van der Waals surface area contributed by atoms with Crippen LogP contribution in [0.2, 0.25) is 0 Å². The van der Waals surface area contributed by atoms with Crippen molar-refractivity contribution >= 4 is 29.7 Å². The number of aldehydes is 1. The fourth-order valence-electron chi connectivity index (χ4n) is 3.88. The Labute approximate surface area is 216 Å². The molecule has 10 nitrogen and oxygen atoms in total. The normalized spacial score (nSPS) is 12.6. The van der Waals surface area contributed by atoms with E-state index in [1.54, 1.807) is 17.0 Å². The number of anilines is 2. The number of benzene rings is 2. The molecule has 0 spiro atoms. The van der Waals surface area contributed by atoms with E-state index >= 15 is 0 Å². The number of amides is 3. The van der Waals surface area contributed by atoms with Gasteiger partial charge in [0.05, 0.1) is 24.8 Å². The van der Waals surface area contributed by atoms with Gasteiger partial charge in [-0.15, -0.1) is 0 Å². The number of carbonyl (C=O) groups excluding carboxylic acids is 3. The van der Waals surface area contributed by atoms with Crippen LogP contribution in [-0.4, -0.2) is 65.9 Å². The first-order valence-electron chi connectivity index (χ1n) is 11.8. The maximum atomic E-state index is 13.1. The van der Waals surface area contributed by atoms with Gasteiger partial charge in [-0.3, -0.25) is 14.7 Å². The molecule has 2 aromatic carbocycles. The second-order valence-electron chi connectivity index (χ2n) is 8.71. The molecule has 1 aromatic heterocycles. The SMILES string of the molecule is C=CC=O.CNc1ccc(C(=O)Nc2n[nH]c3c2CN(C(=O)NC(CN(C)C)c2ccccc2)C3)cc1. The first-order valence-corrected chi connectivity index (χ1v) is 11.8. The zero-order valence-corrected chi connectivity index (χ0v) is 21.3. The lowest BCUT2D eigenvalue weighted by molar-refractivity contribution is -0.104. The van der Waals surface area contributed by atoms with Crippen molar-refractivity contribution in [1.29, 1.82) is 0 Å². The number of aromatic nitrogens is 2. The molecule has 10 heteroatoms. The molecule has 0 bridgehead atoms. The third kappa shape index (κ3) is 7.28. The van der Waals surface area contributed by atoms with Crippen LogP contribution in [0.15, 0.2) is 67.3 Å². The van der Waals surface area contributed by atoms with Crippen molar-refractivity contribution in [1.82, 2.24) is 25.3 Å². The Kier molecular flexibility index (Phi) is 9.56. The minimum atomic E-state index is -0.245. The Balaban J connectivity index is 0.000000886. The molecule has 37 heavy (non-hydrogen) atoms. The average Bonchev–Trinajstić information content (AvgIpc) is 3.50. The van der Waals surface area contributed by atoms with Gasteiger partial charge in [0.15, 0.2) is 5.82 Å². The zero-order chi connectivity index (χ0) is 26.8. The number of likely N-dealkylation sites (N-methyl/N-ethyl adjacent to an activating group) is 1. The fraction of sp³-hybridized carbons (Fsp3) is 0.259. The quantitative estimate of drug-likeness (QED) is 0.276. The Hall–Kier alpha value is -4.44. The summed E-state index contributed by atoms with van der Waals surface area (Å²) in [4.78, 5) is 38.5. The van der Waals surface area contributed by atoms with Crippen molar-refractivity contribution in [3.8, 4) is 0 Å². The summed E-state index contributed by atoms with van der Waals surface area (Å²) in [6.07, 6.45) is 1.83. The summed E-state index contributed by atoms with van der Waals surface area (Å²) in [7, 11) is 5.79. The van der Waals surface area contributed by atoms with Crippen LogP contribution in [0, 0.1) is 0 Å². The van der Waals surface area contributed by atoms with Gasteiger partial charge in [-0.05, 0) is 50.0 Å². The number of hydrogen-bond acceptors (Lipinski definition) is 6. The topological polar surface area (TPSA) is 122 Å².